The van der Waals surface area contributed by atoms with Crippen LogP contribution in [0.4, 0.5) is 5.13 Å². The molecule has 0 aliphatic carbocycles. The maximum absolute atomic E-state index is 11.2. The van der Waals surface area contributed by atoms with E-state index in [9.17, 15) is 4.79 Å². The smallest absolute Gasteiger partial charge is 0.311 e. The monoisotopic (exact) mass is 270 g/mol. The van der Waals surface area contributed by atoms with Gasteiger partial charge in [0, 0.05) is 25.6 Å². The molecule has 100 valence electrons. The summed E-state index contributed by atoms with van der Waals surface area (Å²) >= 11 is 1.57. The number of esters is 1. The molecule has 1 aliphatic heterocycles. The van der Waals surface area contributed by atoms with Crippen molar-refractivity contribution >= 4 is 22.4 Å². The Bertz CT molecular complexity index is 408. The molecule has 0 N–H and O–H groups in total. The predicted molar refractivity (Wildman–Crippen MR) is 70.1 cm³/mol. The highest BCUT2D eigenvalue weighted by Gasteiger charge is 2.21. The molecule has 1 saturated heterocycles. The third-order valence-corrected chi connectivity index (χ3v) is 4.02. The summed E-state index contributed by atoms with van der Waals surface area (Å²) in [6.07, 6.45) is 2.75. The molecule has 18 heavy (non-hydrogen) atoms. The van der Waals surface area contributed by atoms with E-state index in [0.717, 1.165) is 36.8 Å². The lowest BCUT2D eigenvalue weighted by Crippen LogP contribution is -2.39. The van der Waals surface area contributed by atoms with Gasteiger partial charge in [0.2, 0.25) is 0 Å². The van der Waals surface area contributed by atoms with Crippen molar-refractivity contribution in [2.75, 3.05) is 32.2 Å². The van der Waals surface area contributed by atoms with Crippen molar-refractivity contribution in [2.24, 2.45) is 0 Å². The average Bonchev–Trinajstić information content (AvgIpc) is 2.87. The Balaban J connectivity index is 1.98. The van der Waals surface area contributed by atoms with Crippen molar-refractivity contribution in [2.45, 2.75) is 25.4 Å². The van der Waals surface area contributed by atoms with Crippen LogP contribution >= 0.6 is 11.3 Å². The van der Waals surface area contributed by atoms with E-state index in [4.69, 9.17) is 4.74 Å². The van der Waals surface area contributed by atoms with E-state index in [2.05, 4.69) is 14.6 Å². The van der Waals surface area contributed by atoms with Gasteiger partial charge in [-0.15, -0.1) is 11.3 Å². The van der Waals surface area contributed by atoms with Crippen molar-refractivity contribution in [1.29, 1.82) is 0 Å². The Labute approximate surface area is 111 Å². The third-order valence-electron chi connectivity index (χ3n) is 3.07. The van der Waals surface area contributed by atoms with Crippen molar-refractivity contribution in [1.82, 2.24) is 4.98 Å². The fourth-order valence-electron chi connectivity index (χ4n) is 2.05. The Morgan fingerprint density at radius 3 is 3.17 bits per heavy atom. The van der Waals surface area contributed by atoms with Gasteiger partial charge in [-0.25, -0.2) is 4.98 Å². The number of hydrogen-bond acceptors (Lipinski definition) is 6. The molecule has 0 saturated carbocycles. The number of nitrogens with zero attached hydrogens (tertiary/aromatic N) is 2. The molecule has 2 rings (SSSR count). The Hall–Kier alpha value is -1.14. The molecule has 0 bridgehead atoms. The summed E-state index contributed by atoms with van der Waals surface area (Å²) in [4.78, 5) is 17.9. The minimum Gasteiger partial charge on any atom is -0.469 e. The molecule has 1 aromatic heterocycles. The van der Waals surface area contributed by atoms with Gasteiger partial charge < -0.3 is 14.4 Å². The predicted octanol–water partition coefficient (Wildman–Crippen LogP) is 1.47. The van der Waals surface area contributed by atoms with Gasteiger partial charge in [0.25, 0.3) is 0 Å². The van der Waals surface area contributed by atoms with Gasteiger partial charge in [-0.05, 0) is 12.8 Å². The summed E-state index contributed by atoms with van der Waals surface area (Å²) in [6, 6.07) is 0. The van der Waals surface area contributed by atoms with Crippen LogP contribution in [0.15, 0.2) is 5.38 Å². The molecule has 0 aromatic carbocycles. The standard InChI is InChI=1S/C12H18N2O3S/c1-16-10-4-3-5-14(7-10)12-13-9(8-18-12)6-11(15)17-2/h8,10H,3-7H2,1-2H3. The molecule has 1 fully saturated rings. The number of aromatic nitrogens is 1. The van der Waals surface area contributed by atoms with Crippen LogP contribution in [0, 0.1) is 0 Å². The Morgan fingerprint density at radius 2 is 2.44 bits per heavy atom. The molecule has 2 heterocycles. The molecule has 1 aliphatic rings. The maximum atomic E-state index is 11.2. The van der Waals surface area contributed by atoms with E-state index in [0.29, 0.717) is 0 Å². The number of piperidine rings is 1. The highest BCUT2D eigenvalue weighted by atomic mass is 32.1. The summed E-state index contributed by atoms with van der Waals surface area (Å²) in [5, 5.41) is 2.89. The zero-order valence-electron chi connectivity index (χ0n) is 10.7. The van der Waals surface area contributed by atoms with Crippen molar-refractivity contribution in [3.63, 3.8) is 0 Å². The average molecular weight is 270 g/mol. The molecule has 0 spiro atoms. The molecular weight excluding hydrogens is 252 g/mol. The fraction of sp³-hybridized carbons (Fsp3) is 0.667. The zero-order valence-corrected chi connectivity index (χ0v) is 11.5. The van der Waals surface area contributed by atoms with Gasteiger partial charge in [0.1, 0.15) is 0 Å². The van der Waals surface area contributed by atoms with Gasteiger partial charge in [0.05, 0.1) is 25.3 Å². The van der Waals surface area contributed by atoms with E-state index < -0.39 is 0 Å². The van der Waals surface area contributed by atoms with Crippen LogP contribution in [0.5, 0.6) is 0 Å². The highest BCUT2D eigenvalue weighted by molar-refractivity contribution is 7.13. The van der Waals surface area contributed by atoms with Crippen LogP contribution in [0.25, 0.3) is 0 Å². The van der Waals surface area contributed by atoms with E-state index in [-0.39, 0.29) is 18.5 Å². The van der Waals surface area contributed by atoms with Gasteiger partial charge in [-0.2, -0.15) is 0 Å². The number of carbonyl (C=O) groups is 1. The van der Waals surface area contributed by atoms with Crippen molar-refractivity contribution in [3.8, 4) is 0 Å². The number of thiazole rings is 1. The quantitative estimate of drug-likeness (QED) is 0.776. The minimum atomic E-state index is -0.250. The van der Waals surface area contributed by atoms with Crippen LogP contribution in [-0.4, -0.2) is 44.4 Å². The summed E-state index contributed by atoms with van der Waals surface area (Å²) < 4.78 is 10.0. The summed E-state index contributed by atoms with van der Waals surface area (Å²) in [7, 11) is 3.14. The number of ether oxygens (including phenoxy) is 2. The van der Waals surface area contributed by atoms with Crippen LogP contribution < -0.4 is 4.90 Å². The molecule has 0 radical (unpaired) electrons. The maximum Gasteiger partial charge on any atom is 0.311 e. The Kier molecular flexibility index (Phi) is 4.54. The van der Waals surface area contributed by atoms with Crippen LogP contribution in [0.1, 0.15) is 18.5 Å². The van der Waals surface area contributed by atoms with Crippen LogP contribution in [-0.2, 0) is 20.7 Å². The summed E-state index contributed by atoms with van der Waals surface area (Å²) in [6.45, 7) is 1.88. The zero-order chi connectivity index (χ0) is 13.0. The van der Waals surface area contributed by atoms with Gasteiger partial charge in [0.15, 0.2) is 5.13 Å². The normalized spacial score (nSPS) is 19.9. The number of rotatable bonds is 4. The Morgan fingerprint density at radius 1 is 1.61 bits per heavy atom. The number of methoxy groups -OCH3 is 2. The first-order chi connectivity index (χ1) is 8.72. The molecular formula is C12H18N2O3S. The molecule has 1 atom stereocenters. The van der Waals surface area contributed by atoms with Crippen molar-refractivity contribution < 1.29 is 14.3 Å². The summed E-state index contributed by atoms with van der Waals surface area (Å²) in [5.41, 5.74) is 0.779. The number of anilines is 1. The van der Waals surface area contributed by atoms with E-state index in [1.807, 2.05) is 5.38 Å². The second kappa shape index (κ2) is 6.15. The molecule has 1 aromatic rings. The topological polar surface area (TPSA) is 51.7 Å². The molecule has 0 amide bonds. The van der Waals surface area contributed by atoms with Crippen LogP contribution in [0.2, 0.25) is 0 Å². The lowest BCUT2D eigenvalue weighted by atomic mass is 10.1. The van der Waals surface area contributed by atoms with E-state index in [1.54, 1.807) is 18.4 Å². The van der Waals surface area contributed by atoms with Gasteiger partial charge >= 0.3 is 5.97 Å². The first kappa shape index (κ1) is 13.3. The third kappa shape index (κ3) is 3.20. The van der Waals surface area contributed by atoms with Crippen molar-refractivity contribution in [3.05, 3.63) is 11.1 Å². The fourth-order valence-corrected chi connectivity index (χ4v) is 2.91. The van der Waals surface area contributed by atoms with E-state index in [1.165, 1.54) is 7.11 Å². The van der Waals surface area contributed by atoms with E-state index >= 15 is 0 Å². The highest BCUT2D eigenvalue weighted by Crippen LogP contribution is 2.25. The van der Waals surface area contributed by atoms with Crippen LogP contribution in [0.3, 0.4) is 0 Å². The first-order valence-corrected chi connectivity index (χ1v) is 6.90. The first-order valence-electron chi connectivity index (χ1n) is 6.02. The largest absolute Gasteiger partial charge is 0.469 e. The SMILES string of the molecule is COC(=O)Cc1csc(N2CCCC(OC)C2)n1. The minimum absolute atomic E-state index is 0.245. The molecule has 5 nitrogen and oxygen atoms in total. The molecule has 1 unspecified atom stereocenters. The molecule has 6 heteroatoms. The number of hydrogen-bond donors (Lipinski definition) is 0. The summed E-state index contributed by atoms with van der Waals surface area (Å²) in [5.74, 6) is -0.250. The second-order valence-electron chi connectivity index (χ2n) is 4.32. The lowest BCUT2D eigenvalue weighted by Gasteiger charge is -2.31. The second-order valence-corrected chi connectivity index (χ2v) is 5.16. The van der Waals surface area contributed by atoms with Gasteiger partial charge in [-0.1, -0.05) is 0 Å². The van der Waals surface area contributed by atoms with Gasteiger partial charge in [-0.3, -0.25) is 4.79 Å². The lowest BCUT2D eigenvalue weighted by molar-refractivity contribution is -0.139. The number of carbonyl (C=O) groups excluding carboxylic acids is 1.